The molecule has 3 atom stereocenters. The van der Waals surface area contributed by atoms with Gasteiger partial charge in [0.25, 0.3) is 0 Å². The van der Waals surface area contributed by atoms with Crippen LogP contribution in [0.5, 0.6) is 0 Å². The van der Waals surface area contributed by atoms with Crippen molar-refractivity contribution in [2.45, 2.75) is 57.5 Å². The van der Waals surface area contributed by atoms with Gasteiger partial charge in [0.2, 0.25) is 0 Å². The predicted octanol–water partition coefficient (Wildman–Crippen LogP) is 3.26. The number of piperidine rings is 1. The molecule has 1 saturated heterocycles. The van der Waals surface area contributed by atoms with Crippen molar-refractivity contribution in [1.29, 1.82) is 0 Å². The number of hydrogen-bond acceptors (Lipinski definition) is 3. The van der Waals surface area contributed by atoms with Crippen LogP contribution in [-0.2, 0) is 0 Å². The molecule has 3 rings (SSSR count). The van der Waals surface area contributed by atoms with Crippen molar-refractivity contribution < 1.29 is 0 Å². The fourth-order valence-corrected chi connectivity index (χ4v) is 3.78. The number of anilines is 1. The number of nitrogens with two attached hydrogens (primary N) is 1. The van der Waals surface area contributed by atoms with Gasteiger partial charge in [0, 0.05) is 18.6 Å². The van der Waals surface area contributed by atoms with E-state index in [4.69, 9.17) is 5.73 Å². The fraction of sp³-hybridized carbons (Fsp3) is 0.688. The first-order valence-electron chi connectivity index (χ1n) is 7.74. The molecule has 0 radical (unpaired) electrons. The van der Waals surface area contributed by atoms with Gasteiger partial charge in [0.15, 0.2) is 0 Å². The minimum atomic E-state index is 0.0258. The summed E-state index contributed by atoms with van der Waals surface area (Å²) in [5.74, 6) is 0.913. The first kappa shape index (κ1) is 12.9. The lowest BCUT2D eigenvalue weighted by Gasteiger charge is -2.45. The molecule has 104 valence electrons. The number of hydrogen-bond donors (Lipinski definition) is 1. The maximum atomic E-state index is 5.87. The Labute approximate surface area is 116 Å². The summed E-state index contributed by atoms with van der Waals surface area (Å²) in [6, 6.07) is 5.08. The van der Waals surface area contributed by atoms with Gasteiger partial charge < -0.3 is 10.6 Å². The minimum Gasteiger partial charge on any atom is -0.367 e. The maximum Gasteiger partial charge on any atom is 0.0569 e. The van der Waals surface area contributed by atoms with Gasteiger partial charge in [-0.25, -0.2) is 0 Å². The molecule has 2 heterocycles. The zero-order chi connectivity index (χ0) is 13.2. The molecule has 1 saturated carbocycles. The van der Waals surface area contributed by atoms with Crippen molar-refractivity contribution in [1.82, 2.24) is 4.98 Å². The molecule has 1 aliphatic heterocycles. The average molecular weight is 259 g/mol. The topological polar surface area (TPSA) is 42.1 Å². The molecule has 0 aromatic carbocycles. The first-order valence-corrected chi connectivity index (χ1v) is 7.74. The van der Waals surface area contributed by atoms with Crippen molar-refractivity contribution in [3.05, 3.63) is 24.0 Å². The highest BCUT2D eigenvalue weighted by Crippen LogP contribution is 2.37. The SMILES string of the molecule is CC(N)c1ccc(N2CCCC3CCCCC32)cn1. The van der Waals surface area contributed by atoms with E-state index in [1.807, 2.05) is 13.1 Å². The molecule has 0 amide bonds. The monoisotopic (exact) mass is 259 g/mol. The molecule has 1 aliphatic carbocycles. The number of pyridine rings is 1. The Morgan fingerprint density at radius 1 is 1.21 bits per heavy atom. The molecular weight excluding hydrogens is 234 g/mol. The molecule has 3 nitrogen and oxygen atoms in total. The smallest absolute Gasteiger partial charge is 0.0569 e. The van der Waals surface area contributed by atoms with E-state index in [2.05, 4.69) is 22.0 Å². The number of fused-ring (bicyclic) bond motifs is 1. The lowest BCUT2D eigenvalue weighted by atomic mass is 9.78. The lowest BCUT2D eigenvalue weighted by molar-refractivity contribution is 0.243. The van der Waals surface area contributed by atoms with Crippen molar-refractivity contribution in [2.24, 2.45) is 11.7 Å². The summed E-state index contributed by atoms with van der Waals surface area (Å²) in [6.07, 6.45) is 10.4. The van der Waals surface area contributed by atoms with Gasteiger partial charge in [-0.2, -0.15) is 0 Å². The largest absolute Gasteiger partial charge is 0.367 e. The highest BCUT2D eigenvalue weighted by atomic mass is 15.2. The van der Waals surface area contributed by atoms with Crippen LogP contribution in [0.2, 0.25) is 0 Å². The molecule has 2 aliphatic rings. The predicted molar refractivity (Wildman–Crippen MR) is 79.2 cm³/mol. The van der Waals surface area contributed by atoms with Crippen molar-refractivity contribution >= 4 is 5.69 Å². The third-order valence-corrected chi connectivity index (χ3v) is 4.81. The summed E-state index contributed by atoms with van der Waals surface area (Å²) in [5, 5.41) is 0. The molecule has 1 aromatic rings. The van der Waals surface area contributed by atoms with Crippen molar-refractivity contribution in [2.75, 3.05) is 11.4 Å². The molecule has 2 N–H and O–H groups in total. The third-order valence-electron chi connectivity index (χ3n) is 4.81. The Hall–Kier alpha value is -1.09. The minimum absolute atomic E-state index is 0.0258. The van der Waals surface area contributed by atoms with Crippen LogP contribution in [0.15, 0.2) is 18.3 Å². The quantitative estimate of drug-likeness (QED) is 0.886. The van der Waals surface area contributed by atoms with E-state index in [0.29, 0.717) is 0 Å². The Morgan fingerprint density at radius 3 is 2.74 bits per heavy atom. The molecule has 2 fully saturated rings. The van der Waals surface area contributed by atoms with Crippen LogP contribution < -0.4 is 10.6 Å². The summed E-state index contributed by atoms with van der Waals surface area (Å²) in [7, 11) is 0. The van der Waals surface area contributed by atoms with E-state index >= 15 is 0 Å². The molecule has 19 heavy (non-hydrogen) atoms. The third kappa shape index (κ3) is 2.62. The fourth-order valence-electron chi connectivity index (χ4n) is 3.78. The summed E-state index contributed by atoms with van der Waals surface area (Å²) in [5.41, 5.74) is 8.15. The van der Waals surface area contributed by atoms with Crippen molar-refractivity contribution in [3.8, 4) is 0 Å². The van der Waals surface area contributed by atoms with Crippen LogP contribution in [-0.4, -0.2) is 17.6 Å². The van der Waals surface area contributed by atoms with Crippen LogP contribution in [0.4, 0.5) is 5.69 Å². The van der Waals surface area contributed by atoms with Crippen LogP contribution in [0.25, 0.3) is 0 Å². The Bertz CT molecular complexity index is 411. The highest BCUT2D eigenvalue weighted by Gasteiger charge is 2.33. The van der Waals surface area contributed by atoms with Crippen molar-refractivity contribution in [3.63, 3.8) is 0 Å². The second-order valence-electron chi connectivity index (χ2n) is 6.18. The summed E-state index contributed by atoms with van der Waals surface area (Å²) in [6.45, 7) is 3.18. The van der Waals surface area contributed by atoms with Gasteiger partial charge in [-0.05, 0) is 50.7 Å². The molecule has 0 bridgehead atoms. The Balaban J connectivity index is 1.79. The first-order chi connectivity index (χ1) is 9.25. The van der Waals surface area contributed by atoms with Gasteiger partial charge in [0.1, 0.15) is 0 Å². The van der Waals surface area contributed by atoms with E-state index in [9.17, 15) is 0 Å². The Kier molecular flexibility index (Phi) is 3.74. The Morgan fingerprint density at radius 2 is 2.00 bits per heavy atom. The van der Waals surface area contributed by atoms with Gasteiger partial charge >= 0.3 is 0 Å². The second-order valence-corrected chi connectivity index (χ2v) is 6.18. The molecule has 3 unspecified atom stereocenters. The zero-order valence-electron chi connectivity index (χ0n) is 11.9. The average Bonchev–Trinajstić information content (AvgIpc) is 2.47. The normalized spacial score (nSPS) is 28.8. The van der Waals surface area contributed by atoms with E-state index in [1.165, 1.54) is 50.8 Å². The van der Waals surface area contributed by atoms with Crippen LogP contribution in [0, 0.1) is 5.92 Å². The van der Waals surface area contributed by atoms with Crippen LogP contribution in [0.3, 0.4) is 0 Å². The van der Waals surface area contributed by atoms with Crippen LogP contribution in [0.1, 0.15) is 57.2 Å². The number of rotatable bonds is 2. The lowest BCUT2D eigenvalue weighted by Crippen LogP contribution is -2.46. The van der Waals surface area contributed by atoms with E-state index < -0.39 is 0 Å². The van der Waals surface area contributed by atoms with Gasteiger partial charge in [-0.3, -0.25) is 4.98 Å². The van der Waals surface area contributed by atoms with E-state index in [1.54, 1.807) is 0 Å². The molecule has 1 aromatic heterocycles. The molecule has 3 heteroatoms. The summed E-state index contributed by atoms with van der Waals surface area (Å²) in [4.78, 5) is 7.13. The molecular formula is C16H25N3. The van der Waals surface area contributed by atoms with Gasteiger partial charge in [-0.1, -0.05) is 12.8 Å². The molecule has 0 spiro atoms. The zero-order valence-corrected chi connectivity index (χ0v) is 11.9. The van der Waals surface area contributed by atoms with Gasteiger partial charge in [0.05, 0.1) is 17.6 Å². The van der Waals surface area contributed by atoms with E-state index in [-0.39, 0.29) is 6.04 Å². The van der Waals surface area contributed by atoms with E-state index in [0.717, 1.165) is 17.7 Å². The highest BCUT2D eigenvalue weighted by molar-refractivity contribution is 5.46. The standard InChI is InChI=1S/C16H25N3/c1-12(17)15-9-8-14(11-18-15)19-10-4-6-13-5-2-3-7-16(13)19/h8-9,11-13,16H,2-7,10,17H2,1H3. The van der Waals surface area contributed by atoms with Gasteiger partial charge in [-0.15, -0.1) is 0 Å². The summed E-state index contributed by atoms with van der Waals surface area (Å²) < 4.78 is 0. The second kappa shape index (κ2) is 5.49. The number of aromatic nitrogens is 1. The summed E-state index contributed by atoms with van der Waals surface area (Å²) >= 11 is 0. The maximum absolute atomic E-state index is 5.87. The van der Waals surface area contributed by atoms with Crippen LogP contribution >= 0.6 is 0 Å². The number of nitrogens with zero attached hydrogens (tertiary/aromatic N) is 2.